The fraction of sp³-hybridized carbons (Fsp3) is 0.350. The summed E-state index contributed by atoms with van der Waals surface area (Å²) in [7, 11) is 1.68. The van der Waals surface area contributed by atoms with Gasteiger partial charge in [0, 0.05) is 19.2 Å². The highest BCUT2D eigenvalue weighted by Crippen LogP contribution is 2.27. The molecule has 1 aliphatic heterocycles. The number of ether oxygens (including phenoxy) is 2. The van der Waals surface area contributed by atoms with Crippen LogP contribution in [0.25, 0.3) is 0 Å². The van der Waals surface area contributed by atoms with Crippen molar-refractivity contribution in [1.82, 2.24) is 5.32 Å². The Balaban J connectivity index is 1.43. The van der Waals surface area contributed by atoms with Crippen LogP contribution in [-0.4, -0.2) is 32.2 Å². The third-order valence-corrected chi connectivity index (χ3v) is 4.40. The van der Waals surface area contributed by atoms with Crippen molar-refractivity contribution in [1.29, 1.82) is 0 Å². The Bertz CT molecular complexity index is 707. The van der Waals surface area contributed by atoms with E-state index in [0.29, 0.717) is 6.54 Å². The Morgan fingerprint density at radius 2 is 2.12 bits per heavy atom. The van der Waals surface area contributed by atoms with Crippen LogP contribution in [0.1, 0.15) is 24.2 Å². The number of carbonyl (C=O) groups excluding carboxylic acids is 1. The van der Waals surface area contributed by atoms with E-state index in [1.165, 1.54) is 5.56 Å². The maximum atomic E-state index is 12.1. The number of amides is 1. The zero-order chi connectivity index (χ0) is 17.6. The minimum absolute atomic E-state index is 0.00669. The molecule has 1 aliphatic rings. The van der Waals surface area contributed by atoms with Crippen molar-refractivity contribution in [3.63, 3.8) is 0 Å². The molecule has 2 aromatic carbocycles. The highest BCUT2D eigenvalue weighted by Gasteiger charge is 2.22. The predicted octanol–water partition coefficient (Wildman–Crippen LogP) is 2.93. The first-order valence-corrected chi connectivity index (χ1v) is 8.53. The molecule has 0 aliphatic carbocycles. The van der Waals surface area contributed by atoms with Gasteiger partial charge < -0.3 is 20.1 Å². The first kappa shape index (κ1) is 17.3. The van der Waals surface area contributed by atoms with E-state index in [4.69, 9.17) is 9.47 Å². The van der Waals surface area contributed by atoms with Gasteiger partial charge in [0.2, 0.25) is 5.91 Å². The van der Waals surface area contributed by atoms with Crippen LogP contribution in [-0.2, 0) is 16.0 Å². The van der Waals surface area contributed by atoms with Crippen molar-refractivity contribution >= 4 is 11.6 Å². The summed E-state index contributed by atoms with van der Waals surface area (Å²) in [5, 5.41) is 6.08. The lowest BCUT2D eigenvalue weighted by Gasteiger charge is -2.14. The number of rotatable bonds is 7. The van der Waals surface area contributed by atoms with Gasteiger partial charge in [-0.25, -0.2) is 0 Å². The van der Waals surface area contributed by atoms with E-state index in [1.807, 2.05) is 49.4 Å². The molecule has 0 aromatic heterocycles. The monoisotopic (exact) mass is 340 g/mol. The predicted molar refractivity (Wildman–Crippen MR) is 97.9 cm³/mol. The topological polar surface area (TPSA) is 59.6 Å². The number of carbonyl (C=O) groups is 1. The molecule has 0 saturated heterocycles. The van der Waals surface area contributed by atoms with Gasteiger partial charge >= 0.3 is 0 Å². The third-order valence-electron chi connectivity index (χ3n) is 4.40. The standard InChI is InChI=1S/C20H24N2O3/c1-14(24-2)15-7-5-8-17(10-15)21-13-20(23)22-12-18-11-16-6-3-4-9-19(16)25-18/h3-10,14,18,21H,11-13H2,1-2H3,(H,22,23)/t14-,18+/m0/s1. The molecule has 0 radical (unpaired) electrons. The first-order valence-electron chi connectivity index (χ1n) is 8.53. The van der Waals surface area contributed by atoms with E-state index in [-0.39, 0.29) is 24.7 Å². The summed E-state index contributed by atoms with van der Waals surface area (Å²) in [4.78, 5) is 12.1. The molecule has 1 amide bonds. The SMILES string of the molecule is CO[C@@H](C)c1cccc(NCC(=O)NC[C@H]2Cc3ccccc3O2)c1. The van der Waals surface area contributed by atoms with Crippen LogP contribution >= 0.6 is 0 Å². The number of hydrogen-bond donors (Lipinski definition) is 2. The highest BCUT2D eigenvalue weighted by atomic mass is 16.5. The second-order valence-electron chi connectivity index (χ2n) is 6.21. The summed E-state index contributed by atoms with van der Waals surface area (Å²) in [6, 6.07) is 15.9. The van der Waals surface area contributed by atoms with Gasteiger partial charge in [-0.15, -0.1) is 0 Å². The summed E-state index contributed by atoms with van der Waals surface area (Å²) in [6.45, 7) is 2.73. The van der Waals surface area contributed by atoms with Crippen LogP contribution < -0.4 is 15.4 Å². The van der Waals surface area contributed by atoms with Gasteiger partial charge in [0.05, 0.1) is 19.2 Å². The Morgan fingerprint density at radius 1 is 1.28 bits per heavy atom. The zero-order valence-electron chi connectivity index (χ0n) is 14.6. The number of nitrogens with one attached hydrogen (secondary N) is 2. The molecule has 0 fully saturated rings. The minimum Gasteiger partial charge on any atom is -0.488 e. The molecule has 1 heterocycles. The summed E-state index contributed by atoms with van der Waals surface area (Å²) in [5.41, 5.74) is 3.18. The van der Waals surface area contributed by atoms with E-state index >= 15 is 0 Å². The van der Waals surface area contributed by atoms with Crippen molar-refractivity contribution < 1.29 is 14.3 Å². The fourth-order valence-electron chi connectivity index (χ4n) is 2.88. The van der Waals surface area contributed by atoms with E-state index in [9.17, 15) is 4.79 Å². The average molecular weight is 340 g/mol. The van der Waals surface area contributed by atoms with Crippen LogP contribution in [0, 0.1) is 0 Å². The van der Waals surface area contributed by atoms with E-state index in [1.54, 1.807) is 7.11 Å². The smallest absolute Gasteiger partial charge is 0.239 e. The molecule has 2 aromatic rings. The number of anilines is 1. The zero-order valence-corrected chi connectivity index (χ0v) is 14.6. The lowest BCUT2D eigenvalue weighted by molar-refractivity contribution is -0.119. The van der Waals surface area contributed by atoms with Crippen LogP contribution in [0.15, 0.2) is 48.5 Å². The maximum absolute atomic E-state index is 12.1. The number of methoxy groups -OCH3 is 1. The molecule has 5 nitrogen and oxygen atoms in total. The number of para-hydroxylation sites is 1. The molecule has 25 heavy (non-hydrogen) atoms. The Morgan fingerprint density at radius 3 is 2.92 bits per heavy atom. The number of fused-ring (bicyclic) bond motifs is 1. The van der Waals surface area contributed by atoms with Crippen molar-refractivity contribution in [2.24, 2.45) is 0 Å². The van der Waals surface area contributed by atoms with Gasteiger partial charge in [-0.2, -0.15) is 0 Å². The van der Waals surface area contributed by atoms with Gasteiger partial charge in [0.1, 0.15) is 11.9 Å². The first-order chi connectivity index (χ1) is 12.2. The molecule has 0 unspecified atom stereocenters. The summed E-state index contributed by atoms with van der Waals surface area (Å²) in [6.07, 6.45) is 0.866. The van der Waals surface area contributed by atoms with Gasteiger partial charge in [-0.1, -0.05) is 30.3 Å². The summed E-state index contributed by atoms with van der Waals surface area (Å²) in [5.74, 6) is 0.869. The molecule has 0 spiro atoms. The van der Waals surface area contributed by atoms with Crippen LogP contribution in [0.2, 0.25) is 0 Å². The fourth-order valence-corrected chi connectivity index (χ4v) is 2.88. The van der Waals surface area contributed by atoms with Gasteiger partial charge in [0.15, 0.2) is 0 Å². The molecule has 0 saturated carbocycles. The maximum Gasteiger partial charge on any atom is 0.239 e. The molecule has 132 valence electrons. The number of benzene rings is 2. The largest absolute Gasteiger partial charge is 0.488 e. The van der Waals surface area contributed by atoms with Gasteiger partial charge in [0.25, 0.3) is 0 Å². The van der Waals surface area contributed by atoms with E-state index < -0.39 is 0 Å². The van der Waals surface area contributed by atoms with Crippen molar-refractivity contribution in [2.45, 2.75) is 25.6 Å². The lowest BCUT2D eigenvalue weighted by Crippen LogP contribution is -2.37. The third kappa shape index (κ3) is 4.51. The normalized spacial score (nSPS) is 16.6. The minimum atomic E-state index is -0.0512. The Kier molecular flexibility index (Phi) is 5.56. The van der Waals surface area contributed by atoms with Crippen molar-refractivity contribution in [2.75, 3.05) is 25.5 Å². The molecule has 5 heteroatoms. The Hall–Kier alpha value is -2.53. The van der Waals surface area contributed by atoms with Gasteiger partial charge in [-0.3, -0.25) is 4.79 Å². The van der Waals surface area contributed by atoms with E-state index in [0.717, 1.165) is 23.4 Å². The van der Waals surface area contributed by atoms with Gasteiger partial charge in [-0.05, 0) is 36.2 Å². The molecule has 2 atom stereocenters. The molecular formula is C20H24N2O3. The van der Waals surface area contributed by atoms with Crippen molar-refractivity contribution in [3.05, 3.63) is 59.7 Å². The molecular weight excluding hydrogens is 316 g/mol. The molecule has 2 N–H and O–H groups in total. The highest BCUT2D eigenvalue weighted by molar-refractivity contribution is 5.80. The quantitative estimate of drug-likeness (QED) is 0.814. The number of hydrogen-bond acceptors (Lipinski definition) is 4. The molecule has 3 rings (SSSR count). The summed E-state index contributed by atoms with van der Waals surface area (Å²) < 4.78 is 11.1. The van der Waals surface area contributed by atoms with Crippen LogP contribution in [0.4, 0.5) is 5.69 Å². The second kappa shape index (κ2) is 8.03. The van der Waals surface area contributed by atoms with Crippen molar-refractivity contribution in [3.8, 4) is 5.75 Å². The second-order valence-corrected chi connectivity index (χ2v) is 6.21. The average Bonchev–Trinajstić information content (AvgIpc) is 3.07. The van der Waals surface area contributed by atoms with E-state index in [2.05, 4.69) is 16.7 Å². The molecule has 0 bridgehead atoms. The Labute approximate surface area is 148 Å². The van der Waals surface area contributed by atoms with Crippen LogP contribution in [0.3, 0.4) is 0 Å². The summed E-state index contributed by atoms with van der Waals surface area (Å²) >= 11 is 0. The lowest BCUT2D eigenvalue weighted by atomic mass is 10.1. The van der Waals surface area contributed by atoms with Crippen LogP contribution in [0.5, 0.6) is 5.75 Å².